The number of ether oxygens (including phenoxy) is 1. The molecule has 0 aliphatic carbocycles. The molecule has 3 aromatic rings. The number of rotatable bonds is 6. The molecule has 1 N–H and O–H groups in total. The maximum atomic E-state index is 12.4. The van der Waals surface area contributed by atoms with Gasteiger partial charge in [-0.15, -0.1) is 0 Å². The van der Waals surface area contributed by atoms with Gasteiger partial charge < -0.3 is 14.5 Å². The van der Waals surface area contributed by atoms with Crippen LogP contribution in [0.4, 0.5) is 11.4 Å². The molecule has 0 aliphatic heterocycles. The number of nitrogens with zero attached hydrogens (tertiary/aromatic N) is 1. The van der Waals surface area contributed by atoms with Crippen molar-refractivity contribution in [3.8, 4) is 11.3 Å². The highest BCUT2D eigenvalue weighted by atomic mass is 16.6. The zero-order chi connectivity index (χ0) is 21.7. The Bertz CT molecular complexity index is 1150. The monoisotopic (exact) mass is 408 g/mol. The lowest BCUT2D eigenvalue weighted by atomic mass is 10.1. The molecule has 3 rings (SSSR count). The molecule has 30 heavy (non-hydrogen) atoms. The van der Waals surface area contributed by atoms with Gasteiger partial charge in [-0.05, 0) is 25.1 Å². The standard InChI is InChI=1S/C21H16N2O7/c1-2-29-20(25)16-12-17(21(26)30-18(16)13-6-4-3-5-7-13)22-19(24)14-8-10-15(11-9-14)23(27)28/h3-12H,2H2,1H3,(H,22,24). The highest BCUT2D eigenvalue weighted by Crippen LogP contribution is 2.25. The van der Waals surface area contributed by atoms with Gasteiger partial charge in [0.1, 0.15) is 11.3 Å². The minimum absolute atomic E-state index is 0.0207. The van der Waals surface area contributed by atoms with Crippen molar-refractivity contribution in [3.63, 3.8) is 0 Å². The Balaban J connectivity index is 1.98. The lowest BCUT2D eigenvalue weighted by Crippen LogP contribution is -2.20. The lowest BCUT2D eigenvalue weighted by Gasteiger charge is -2.10. The number of nitro benzene ring substituents is 1. The van der Waals surface area contributed by atoms with Crippen molar-refractivity contribution in [1.29, 1.82) is 0 Å². The topological polar surface area (TPSA) is 129 Å². The number of amides is 1. The van der Waals surface area contributed by atoms with Crippen LogP contribution in [-0.4, -0.2) is 23.4 Å². The summed E-state index contributed by atoms with van der Waals surface area (Å²) in [5.74, 6) is -1.39. The van der Waals surface area contributed by atoms with E-state index in [4.69, 9.17) is 9.15 Å². The van der Waals surface area contributed by atoms with E-state index in [1.54, 1.807) is 37.3 Å². The van der Waals surface area contributed by atoms with Crippen molar-refractivity contribution in [2.75, 3.05) is 11.9 Å². The smallest absolute Gasteiger partial charge is 0.360 e. The van der Waals surface area contributed by atoms with Crippen LogP contribution in [-0.2, 0) is 4.74 Å². The van der Waals surface area contributed by atoms with E-state index in [9.17, 15) is 24.5 Å². The number of nitrogens with one attached hydrogen (secondary N) is 1. The molecule has 0 radical (unpaired) electrons. The van der Waals surface area contributed by atoms with Crippen LogP contribution in [0.5, 0.6) is 0 Å². The van der Waals surface area contributed by atoms with Crippen molar-refractivity contribution < 1.29 is 23.7 Å². The zero-order valence-corrected chi connectivity index (χ0v) is 15.8. The first-order chi connectivity index (χ1) is 14.4. The van der Waals surface area contributed by atoms with Crippen LogP contribution in [0.15, 0.2) is 69.9 Å². The number of carbonyl (C=O) groups excluding carboxylic acids is 2. The molecule has 9 heteroatoms. The SMILES string of the molecule is CCOC(=O)c1cc(NC(=O)c2ccc([N+](=O)[O-])cc2)c(=O)oc1-c1ccccc1. The lowest BCUT2D eigenvalue weighted by molar-refractivity contribution is -0.384. The third kappa shape index (κ3) is 4.41. The van der Waals surface area contributed by atoms with Gasteiger partial charge in [-0.25, -0.2) is 9.59 Å². The first kappa shape index (κ1) is 20.5. The van der Waals surface area contributed by atoms with E-state index >= 15 is 0 Å². The summed E-state index contributed by atoms with van der Waals surface area (Å²) in [5, 5.41) is 13.1. The quantitative estimate of drug-likeness (QED) is 0.374. The fourth-order valence-electron chi connectivity index (χ4n) is 2.65. The molecule has 2 aromatic carbocycles. The Kier molecular flexibility index (Phi) is 6.02. The fourth-order valence-corrected chi connectivity index (χ4v) is 2.65. The van der Waals surface area contributed by atoms with E-state index in [2.05, 4.69) is 5.32 Å². The Morgan fingerprint density at radius 2 is 1.77 bits per heavy atom. The van der Waals surface area contributed by atoms with Crippen molar-refractivity contribution in [1.82, 2.24) is 0 Å². The first-order valence-corrected chi connectivity index (χ1v) is 8.87. The molecular formula is C21H16N2O7. The third-order valence-electron chi connectivity index (χ3n) is 4.07. The van der Waals surface area contributed by atoms with E-state index in [-0.39, 0.29) is 34.9 Å². The van der Waals surface area contributed by atoms with Crippen LogP contribution >= 0.6 is 0 Å². The number of nitro groups is 1. The van der Waals surface area contributed by atoms with E-state index in [0.717, 1.165) is 0 Å². The van der Waals surface area contributed by atoms with Crippen LogP contribution in [0.1, 0.15) is 27.6 Å². The largest absolute Gasteiger partial charge is 0.462 e. The van der Waals surface area contributed by atoms with Crippen molar-refractivity contribution in [3.05, 3.63) is 92.3 Å². The molecule has 0 atom stereocenters. The summed E-state index contributed by atoms with van der Waals surface area (Å²) in [6.45, 7) is 1.74. The fraction of sp³-hybridized carbons (Fsp3) is 0.0952. The van der Waals surface area contributed by atoms with Crippen LogP contribution in [0.2, 0.25) is 0 Å². The van der Waals surface area contributed by atoms with Crippen LogP contribution < -0.4 is 10.9 Å². The van der Waals surface area contributed by atoms with Gasteiger partial charge >= 0.3 is 11.6 Å². The Hall–Kier alpha value is -4.27. The molecule has 0 spiro atoms. The van der Waals surface area contributed by atoms with E-state index in [1.165, 1.54) is 30.3 Å². The van der Waals surface area contributed by atoms with Gasteiger partial charge in [-0.2, -0.15) is 0 Å². The number of non-ortho nitro benzene ring substituents is 1. The number of anilines is 1. The first-order valence-electron chi connectivity index (χ1n) is 8.87. The number of hydrogen-bond donors (Lipinski definition) is 1. The molecule has 1 heterocycles. The van der Waals surface area contributed by atoms with Gasteiger partial charge in [0.2, 0.25) is 0 Å². The zero-order valence-electron chi connectivity index (χ0n) is 15.8. The van der Waals surface area contributed by atoms with Gasteiger partial charge in [0.05, 0.1) is 11.5 Å². The molecule has 9 nitrogen and oxygen atoms in total. The molecule has 1 aromatic heterocycles. The molecule has 0 saturated carbocycles. The van der Waals surface area contributed by atoms with Gasteiger partial charge in [-0.1, -0.05) is 30.3 Å². The highest BCUT2D eigenvalue weighted by molar-refractivity contribution is 6.05. The average Bonchev–Trinajstić information content (AvgIpc) is 2.75. The number of hydrogen-bond acceptors (Lipinski definition) is 7. The number of carbonyl (C=O) groups is 2. The minimum Gasteiger partial charge on any atom is -0.462 e. The highest BCUT2D eigenvalue weighted by Gasteiger charge is 2.21. The summed E-state index contributed by atoms with van der Waals surface area (Å²) >= 11 is 0. The maximum absolute atomic E-state index is 12.4. The molecule has 0 aliphatic rings. The van der Waals surface area contributed by atoms with E-state index in [1.807, 2.05) is 0 Å². The van der Waals surface area contributed by atoms with Crippen LogP contribution in [0.3, 0.4) is 0 Å². The summed E-state index contributed by atoms with van der Waals surface area (Å²) < 4.78 is 10.4. The second-order valence-corrected chi connectivity index (χ2v) is 6.03. The number of esters is 1. The maximum Gasteiger partial charge on any atom is 0.360 e. The second kappa shape index (κ2) is 8.82. The molecule has 152 valence electrons. The third-order valence-corrected chi connectivity index (χ3v) is 4.07. The van der Waals surface area contributed by atoms with Crippen molar-refractivity contribution in [2.45, 2.75) is 6.92 Å². The molecular weight excluding hydrogens is 392 g/mol. The second-order valence-electron chi connectivity index (χ2n) is 6.03. The molecule has 0 unspecified atom stereocenters. The normalized spacial score (nSPS) is 10.3. The van der Waals surface area contributed by atoms with E-state index in [0.29, 0.717) is 5.56 Å². The Labute approximate surface area is 170 Å². The Morgan fingerprint density at radius 1 is 1.10 bits per heavy atom. The van der Waals surface area contributed by atoms with Gasteiger partial charge in [0, 0.05) is 23.3 Å². The predicted octanol–water partition coefficient (Wildman–Crippen LogP) is 3.64. The summed E-state index contributed by atoms with van der Waals surface area (Å²) in [7, 11) is 0. The summed E-state index contributed by atoms with van der Waals surface area (Å²) in [6.07, 6.45) is 0. The van der Waals surface area contributed by atoms with Crippen molar-refractivity contribution in [2.24, 2.45) is 0 Å². The number of benzene rings is 2. The summed E-state index contributed by atoms with van der Waals surface area (Å²) in [4.78, 5) is 47.4. The molecule has 0 saturated heterocycles. The van der Waals surface area contributed by atoms with Crippen LogP contribution in [0, 0.1) is 10.1 Å². The molecule has 0 bridgehead atoms. The van der Waals surface area contributed by atoms with E-state index < -0.39 is 22.4 Å². The van der Waals surface area contributed by atoms with Gasteiger partial charge in [0.25, 0.3) is 11.6 Å². The van der Waals surface area contributed by atoms with Crippen molar-refractivity contribution >= 4 is 23.3 Å². The Morgan fingerprint density at radius 3 is 2.37 bits per heavy atom. The van der Waals surface area contributed by atoms with Gasteiger partial charge in [-0.3, -0.25) is 14.9 Å². The minimum atomic E-state index is -0.864. The summed E-state index contributed by atoms with van der Waals surface area (Å²) in [6, 6.07) is 14.6. The molecule has 0 fully saturated rings. The van der Waals surface area contributed by atoms with Crippen LogP contribution in [0.25, 0.3) is 11.3 Å². The predicted molar refractivity (Wildman–Crippen MR) is 107 cm³/mol. The summed E-state index contributed by atoms with van der Waals surface area (Å²) in [5.41, 5.74) is -0.751. The van der Waals surface area contributed by atoms with Gasteiger partial charge in [0.15, 0.2) is 5.76 Å². The average molecular weight is 408 g/mol. The molecule has 1 amide bonds.